The van der Waals surface area contributed by atoms with Gasteiger partial charge in [-0.2, -0.15) is 0 Å². The Kier molecular flexibility index (Phi) is 7.30. The van der Waals surface area contributed by atoms with Crippen molar-refractivity contribution in [2.45, 2.75) is 6.42 Å². The van der Waals surface area contributed by atoms with E-state index in [1.54, 1.807) is 7.11 Å². The Balaban J connectivity index is 1.98. The average molecular weight is 312 g/mol. The van der Waals surface area contributed by atoms with Gasteiger partial charge in [0, 0.05) is 25.9 Å². The number of ether oxygens (including phenoxy) is 1. The van der Waals surface area contributed by atoms with Gasteiger partial charge in [0.25, 0.3) is 0 Å². The fourth-order valence-corrected chi connectivity index (χ4v) is 2.36. The van der Waals surface area contributed by atoms with Crippen molar-refractivity contribution in [3.05, 3.63) is 66.2 Å². The molecular formula is C19H24N2O2. The molecule has 0 fully saturated rings. The van der Waals surface area contributed by atoms with Gasteiger partial charge in [0.1, 0.15) is 0 Å². The zero-order valence-corrected chi connectivity index (χ0v) is 13.6. The van der Waals surface area contributed by atoms with Crippen LogP contribution in [0.1, 0.15) is 5.56 Å². The number of para-hydroxylation sites is 1. The summed E-state index contributed by atoms with van der Waals surface area (Å²) in [7, 11) is 1.65. The minimum absolute atomic E-state index is 0.0724. The van der Waals surface area contributed by atoms with Gasteiger partial charge >= 0.3 is 0 Å². The Hall–Kier alpha value is -2.17. The number of amides is 1. The van der Waals surface area contributed by atoms with E-state index >= 15 is 0 Å². The first-order valence-electron chi connectivity index (χ1n) is 7.90. The highest BCUT2D eigenvalue weighted by molar-refractivity contribution is 5.94. The molecule has 0 aliphatic carbocycles. The zero-order valence-electron chi connectivity index (χ0n) is 13.6. The summed E-state index contributed by atoms with van der Waals surface area (Å²) >= 11 is 0. The van der Waals surface area contributed by atoms with Crippen LogP contribution in [0, 0.1) is 0 Å². The highest BCUT2D eigenvalue weighted by atomic mass is 16.5. The van der Waals surface area contributed by atoms with Gasteiger partial charge in [0.15, 0.2) is 0 Å². The third-order valence-corrected chi connectivity index (χ3v) is 3.60. The van der Waals surface area contributed by atoms with Crippen LogP contribution in [0.15, 0.2) is 60.7 Å². The number of carbonyl (C=O) groups excluding carboxylic acids is 1. The first-order chi connectivity index (χ1) is 11.3. The number of benzene rings is 2. The van der Waals surface area contributed by atoms with Crippen molar-refractivity contribution in [1.29, 1.82) is 0 Å². The van der Waals surface area contributed by atoms with Crippen LogP contribution in [0.4, 0.5) is 5.69 Å². The van der Waals surface area contributed by atoms with E-state index in [4.69, 9.17) is 4.74 Å². The van der Waals surface area contributed by atoms with Crippen LogP contribution in [0.3, 0.4) is 0 Å². The smallest absolute Gasteiger partial charge is 0.240 e. The lowest BCUT2D eigenvalue weighted by Crippen LogP contribution is -2.40. The van der Waals surface area contributed by atoms with Crippen molar-refractivity contribution in [1.82, 2.24) is 5.32 Å². The largest absolute Gasteiger partial charge is 0.383 e. The van der Waals surface area contributed by atoms with Crippen LogP contribution in [0.25, 0.3) is 0 Å². The van der Waals surface area contributed by atoms with E-state index < -0.39 is 0 Å². The first kappa shape index (κ1) is 17.2. The number of rotatable bonds is 9. The molecule has 1 N–H and O–H groups in total. The summed E-state index contributed by atoms with van der Waals surface area (Å²) in [5, 5.41) is 3.12. The van der Waals surface area contributed by atoms with Crippen molar-refractivity contribution in [3.8, 4) is 0 Å². The Bertz CT molecular complexity index is 572. The molecule has 2 aromatic rings. The Morgan fingerprint density at radius 3 is 2.35 bits per heavy atom. The fourth-order valence-electron chi connectivity index (χ4n) is 2.36. The molecule has 4 nitrogen and oxygen atoms in total. The minimum Gasteiger partial charge on any atom is -0.383 e. The molecule has 122 valence electrons. The molecule has 4 heteroatoms. The average Bonchev–Trinajstić information content (AvgIpc) is 2.61. The maximum Gasteiger partial charge on any atom is 0.240 e. The van der Waals surface area contributed by atoms with Crippen molar-refractivity contribution < 1.29 is 9.53 Å². The number of nitrogens with one attached hydrogen (secondary N) is 1. The second-order valence-corrected chi connectivity index (χ2v) is 5.29. The number of carbonyl (C=O) groups is 1. The van der Waals surface area contributed by atoms with Crippen LogP contribution < -0.4 is 10.2 Å². The van der Waals surface area contributed by atoms with Gasteiger partial charge in [-0.15, -0.1) is 0 Å². The maximum atomic E-state index is 12.6. The molecule has 2 rings (SSSR count). The van der Waals surface area contributed by atoms with Crippen molar-refractivity contribution in [2.75, 3.05) is 38.3 Å². The monoisotopic (exact) mass is 312 g/mol. The standard InChI is InChI=1S/C19H24N2O2/c1-23-15-13-20-16-19(22)21(18-10-6-3-7-11-18)14-12-17-8-4-2-5-9-17/h2-11,20H,12-16H2,1H3. The van der Waals surface area contributed by atoms with E-state index in [2.05, 4.69) is 17.4 Å². The van der Waals surface area contributed by atoms with E-state index in [0.29, 0.717) is 26.2 Å². The number of anilines is 1. The molecule has 0 unspecified atom stereocenters. The summed E-state index contributed by atoms with van der Waals surface area (Å²) in [6.07, 6.45) is 0.833. The molecule has 2 aromatic carbocycles. The van der Waals surface area contributed by atoms with Crippen molar-refractivity contribution in [2.24, 2.45) is 0 Å². The van der Waals surface area contributed by atoms with Gasteiger partial charge in [-0.25, -0.2) is 0 Å². The molecule has 0 heterocycles. The second kappa shape index (κ2) is 9.77. The SMILES string of the molecule is COCCNCC(=O)N(CCc1ccccc1)c1ccccc1. The Labute approximate surface area is 138 Å². The summed E-state index contributed by atoms with van der Waals surface area (Å²) < 4.78 is 4.99. The van der Waals surface area contributed by atoms with E-state index in [9.17, 15) is 4.79 Å². The molecule has 1 amide bonds. The van der Waals surface area contributed by atoms with Crippen molar-refractivity contribution in [3.63, 3.8) is 0 Å². The summed E-state index contributed by atoms with van der Waals surface area (Å²) in [6, 6.07) is 20.0. The van der Waals surface area contributed by atoms with Crippen LogP contribution in [0.2, 0.25) is 0 Å². The fraction of sp³-hybridized carbons (Fsp3) is 0.316. The Morgan fingerprint density at radius 1 is 1.04 bits per heavy atom. The van der Waals surface area contributed by atoms with Crippen LogP contribution in [-0.2, 0) is 16.0 Å². The molecule has 0 aliphatic rings. The summed E-state index contributed by atoms with van der Waals surface area (Å²) in [5.41, 5.74) is 2.16. The predicted molar refractivity (Wildman–Crippen MR) is 93.7 cm³/mol. The first-order valence-corrected chi connectivity index (χ1v) is 7.90. The summed E-state index contributed by atoms with van der Waals surface area (Å²) in [6.45, 7) is 2.25. The van der Waals surface area contributed by atoms with Gasteiger partial charge < -0.3 is 15.0 Å². The van der Waals surface area contributed by atoms with E-state index in [1.165, 1.54) is 5.56 Å². The van der Waals surface area contributed by atoms with Crippen LogP contribution >= 0.6 is 0 Å². The molecule has 0 atom stereocenters. The second-order valence-electron chi connectivity index (χ2n) is 5.29. The molecule has 0 spiro atoms. The zero-order chi connectivity index (χ0) is 16.3. The molecule has 0 saturated heterocycles. The van der Waals surface area contributed by atoms with Crippen LogP contribution in [-0.4, -0.2) is 39.3 Å². The third kappa shape index (κ3) is 5.85. The van der Waals surface area contributed by atoms with Gasteiger partial charge in [0.2, 0.25) is 5.91 Å². The number of methoxy groups -OCH3 is 1. The molecule has 23 heavy (non-hydrogen) atoms. The number of hydrogen-bond donors (Lipinski definition) is 1. The summed E-state index contributed by atoms with van der Waals surface area (Å²) in [4.78, 5) is 14.4. The van der Waals surface area contributed by atoms with Gasteiger partial charge in [-0.05, 0) is 24.1 Å². The van der Waals surface area contributed by atoms with Crippen LogP contribution in [0.5, 0.6) is 0 Å². The molecule has 0 radical (unpaired) electrons. The molecule has 0 saturated carbocycles. The quantitative estimate of drug-likeness (QED) is 0.723. The molecule has 0 bridgehead atoms. The lowest BCUT2D eigenvalue weighted by Gasteiger charge is -2.23. The Morgan fingerprint density at radius 2 is 1.70 bits per heavy atom. The van der Waals surface area contributed by atoms with E-state index in [0.717, 1.165) is 12.1 Å². The molecule has 0 aliphatic heterocycles. The van der Waals surface area contributed by atoms with Gasteiger partial charge in [-0.1, -0.05) is 48.5 Å². The highest BCUT2D eigenvalue weighted by Gasteiger charge is 2.14. The van der Waals surface area contributed by atoms with Gasteiger partial charge in [-0.3, -0.25) is 4.79 Å². The number of nitrogens with zero attached hydrogens (tertiary/aromatic N) is 1. The normalized spacial score (nSPS) is 10.5. The lowest BCUT2D eigenvalue weighted by molar-refractivity contribution is -0.117. The highest BCUT2D eigenvalue weighted by Crippen LogP contribution is 2.14. The molecular weight excluding hydrogens is 288 g/mol. The van der Waals surface area contributed by atoms with Gasteiger partial charge in [0.05, 0.1) is 13.2 Å². The predicted octanol–water partition coefficient (Wildman–Crippen LogP) is 2.50. The summed E-state index contributed by atoms with van der Waals surface area (Å²) in [5.74, 6) is 0.0724. The topological polar surface area (TPSA) is 41.6 Å². The molecule has 0 aromatic heterocycles. The van der Waals surface area contributed by atoms with E-state index in [1.807, 2.05) is 53.4 Å². The third-order valence-electron chi connectivity index (χ3n) is 3.60. The van der Waals surface area contributed by atoms with Crippen molar-refractivity contribution >= 4 is 11.6 Å². The minimum atomic E-state index is 0.0724. The number of hydrogen-bond acceptors (Lipinski definition) is 3. The lowest BCUT2D eigenvalue weighted by atomic mass is 10.1. The van der Waals surface area contributed by atoms with E-state index in [-0.39, 0.29) is 5.91 Å². The maximum absolute atomic E-state index is 12.6.